The lowest BCUT2D eigenvalue weighted by molar-refractivity contribution is -0.633. The van der Waals surface area contributed by atoms with E-state index < -0.39 is 0 Å². The summed E-state index contributed by atoms with van der Waals surface area (Å²) >= 11 is 0. The Hall–Kier alpha value is -3.09. The molecular weight excluding hydrogens is 330 g/mol. The van der Waals surface area contributed by atoms with Crippen LogP contribution in [0.4, 0.5) is 5.82 Å². The number of rotatable bonds is 0. The SMILES string of the molecule is C[n+]1c2ccn3ncc(c31)-c1cccc(c1)OCCCC(=O)NCCN2. The number of hydrogen-bond donors (Lipinski definition) is 2. The van der Waals surface area contributed by atoms with Gasteiger partial charge in [-0.15, -0.1) is 9.61 Å². The highest BCUT2D eigenvalue weighted by atomic mass is 16.5. The molecule has 4 rings (SSSR count). The first-order valence-corrected chi connectivity index (χ1v) is 8.82. The highest BCUT2D eigenvalue weighted by molar-refractivity contribution is 5.76. The van der Waals surface area contributed by atoms with Gasteiger partial charge in [-0.2, -0.15) is 0 Å². The zero-order chi connectivity index (χ0) is 17.9. The van der Waals surface area contributed by atoms with Crippen molar-refractivity contribution in [2.75, 3.05) is 25.0 Å². The fourth-order valence-electron chi connectivity index (χ4n) is 3.20. The molecule has 1 aliphatic heterocycles. The predicted octanol–water partition coefficient (Wildman–Crippen LogP) is 1.53. The Labute approximate surface area is 151 Å². The van der Waals surface area contributed by atoms with Gasteiger partial charge in [0.2, 0.25) is 11.7 Å². The zero-order valence-electron chi connectivity index (χ0n) is 14.7. The van der Waals surface area contributed by atoms with Gasteiger partial charge in [0.25, 0.3) is 5.65 Å². The van der Waals surface area contributed by atoms with Gasteiger partial charge in [0.1, 0.15) is 5.75 Å². The molecule has 0 atom stereocenters. The van der Waals surface area contributed by atoms with Gasteiger partial charge in [0, 0.05) is 19.0 Å². The van der Waals surface area contributed by atoms with Crippen LogP contribution in [-0.2, 0) is 11.8 Å². The summed E-state index contributed by atoms with van der Waals surface area (Å²) in [5, 5.41) is 10.8. The molecule has 4 bridgehead atoms. The molecule has 0 radical (unpaired) electrons. The number of amides is 1. The van der Waals surface area contributed by atoms with Crippen LogP contribution < -0.4 is 19.9 Å². The number of ether oxygens (including phenoxy) is 1. The van der Waals surface area contributed by atoms with Crippen LogP contribution in [-0.4, -0.2) is 35.2 Å². The number of fused-ring (bicyclic) bond motifs is 4. The van der Waals surface area contributed by atoms with Gasteiger partial charge < -0.3 is 15.4 Å². The van der Waals surface area contributed by atoms with Crippen molar-refractivity contribution in [3.63, 3.8) is 0 Å². The van der Waals surface area contributed by atoms with Gasteiger partial charge in [-0.25, -0.2) is 4.57 Å². The molecule has 2 aromatic heterocycles. The highest BCUT2D eigenvalue weighted by Gasteiger charge is 2.18. The molecule has 0 spiro atoms. The van der Waals surface area contributed by atoms with Crippen LogP contribution in [0.15, 0.2) is 42.7 Å². The molecule has 0 fully saturated rings. The Morgan fingerprint density at radius 3 is 3.04 bits per heavy atom. The number of anilines is 1. The van der Waals surface area contributed by atoms with Crippen molar-refractivity contribution in [2.24, 2.45) is 7.05 Å². The van der Waals surface area contributed by atoms with E-state index in [4.69, 9.17) is 4.74 Å². The van der Waals surface area contributed by atoms with Gasteiger partial charge in [-0.3, -0.25) is 4.79 Å². The third-order valence-corrected chi connectivity index (χ3v) is 4.54. The van der Waals surface area contributed by atoms with Crippen LogP contribution in [0.3, 0.4) is 0 Å². The van der Waals surface area contributed by atoms with Crippen LogP contribution in [0.5, 0.6) is 5.75 Å². The Morgan fingerprint density at radius 2 is 2.12 bits per heavy atom. The molecule has 1 amide bonds. The molecule has 7 nitrogen and oxygen atoms in total. The standard InChI is InChI=1S/C19H21N5O2/c1-23-17-7-10-24-19(23)16(13-22-24)14-4-2-5-15(12-14)26-11-3-6-18(25)21-9-8-20-17/h2,4-5,7,10,12-13H,3,6,8-9,11H2,1H3,(H,21,25)/p+1. The molecule has 134 valence electrons. The van der Waals surface area contributed by atoms with Gasteiger partial charge in [0.15, 0.2) is 0 Å². The van der Waals surface area contributed by atoms with E-state index in [-0.39, 0.29) is 5.91 Å². The van der Waals surface area contributed by atoms with Gasteiger partial charge in [-0.05, 0) is 24.1 Å². The Balaban J connectivity index is 1.78. The maximum atomic E-state index is 11.9. The molecular formula is C19H22N5O2+. The minimum Gasteiger partial charge on any atom is -0.494 e. The summed E-state index contributed by atoms with van der Waals surface area (Å²) in [6.45, 7) is 1.75. The molecule has 0 saturated heterocycles. The summed E-state index contributed by atoms with van der Waals surface area (Å²) in [6.07, 6.45) is 4.97. The van der Waals surface area contributed by atoms with Crippen LogP contribution in [0, 0.1) is 0 Å². The number of benzene rings is 1. The number of aromatic nitrogens is 3. The first-order valence-electron chi connectivity index (χ1n) is 8.82. The van der Waals surface area contributed by atoms with Crippen molar-refractivity contribution in [1.82, 2.24) is 14.9 Å². The average molecular weight is 352 g/mol. The molecule has 1 aromatic carbocycles. The van der Waals surface area contributed by atoms with Crippen molar-refractivity contribution in [1.29, 1.82) is 0 Å². The van der Waals surface area contributed by atoms with Crippen LogP contribution in [0.1, 0.15) is 12.8 Å². The molecule has 3 aromatic rings. The molecule has 0 aliphatic carbocycles. The first kappa shape index (κ1) is 16.4. The second kappa shape index (κ2) is 7.03. The first-order chi connectivity index (χ1) is 12.7. The second-order valence-electron chi connectivity index (χ2n) is 6.34. The molecule has 7 heteroatoms. The van der Waals surface area contributed by atoms with Gasteiger partial charge >= 0.3 is 0 Å². The zero-order valence-corrected chi connectivity index (χ0v) is 14.7. The molecule has 3 heterocycles. The van der Waals surface area contributed by atoms with Crippen molar-refractivity contribution < 1.29 is 14.1 Å². The van der Waals surface area contributed by atoms with Crippen molar-refractivity contribution in [3.8, 4) is 16.9 Å². The van der Waals surface area contributed by atoms with E-state index >= 15 is 0 Å². The summed E-state index contributed by atoms with van der Waals surface area (Å²) in [4.78, 5) is 11.9. The summed E-state index contributed by atoms with van der Waals surface area (Å²) in [7, 11) is 2.00. The lowest BCUT2D eigenvalue weighted by Crippen LogP contribution is -2.37. The minimum absolute atomic E-state index is 0.0501. The van der Waals surface area contributed by atoms with Crippen LogP contribution >= 0.6 is 0 Å². The van der Waals surface area contributed by atoms with E-state index in [0.29, 0.717) is 32.5 Å². The summed E-state index contributed by atoms with van der Waals surface area (Å²) < 4.78 is 9.76. The lowest BCUT2D eigenvalue weighted by Gasteiger charge is -2.11. The summed E-state index contributed by atoms with van der Waals surface area (Å²) in [5.41, 5.74) is 3.08. The third kappa shape index (κ3) is 3.20. The average Bonchev–Trinajstić information content (AvgIpc) is 3.08. The Bertz CT molecular complexity index is 950. The molecule has 1 aliphatic rings. The smallest absolute Gasteiger partial charge is 0.261 e. The number of nitrogens with zero attached hydrogens (tertiary/aromatic N) is 3. The normalized spacial score (nSPS) is 15.3. The number of carbonyl (C=O) groups excluding carboxylic acids is 1. The van der Waals surface area contributed by atoms with E-state index in [0.717, 1.165) is 28.3 Å². The number of carbonyl (C=O) groups is 1. The number of hydrogen-bond acceptors (Lipinski definition) is 4. The lowest BCUT2D eigenvalue weighted by atomic mass is 10.1. The van der Waals surface area contributed by atoms with Crippen molar-refractivity contribution >= 4 is 17.4 Å². The topological polar surface area (TPSA) is 71.5 Å². The van der Waals surface area contributed by atoms with Crippen LogP contribution in [0.2, 0.25) is 0 Å². The fourth-order valence-corrected chi connectivity index (χ4v) is 3.20. The van der Waals surface area contributed by atoms with Gasteiger partial charge in [-0.1, -0.05) is 12.1 Å². The van der Waals surface area contributed by atoms with Crippen molar-refractivity contribution in [3.05, 3.63) is 42.7 Å². The van der Waals surface area contributed by atoms with Crippen LogP contribution in [0.25, 0.3) is 16.8 Å². The van der Waals surface area contributed by atoms with E-state index in [1.807, 2.05) is 48.2 Å². The monoisotopic (exact) mass is 352 g/mol. The minimum atomic E-state index is 0.0501. The second-order valence-corrected chi connectivity index (χ2v) is 6.34. The van der Waals surface area contributed by atoms with Gasteiger partial charge in [0.05, 0.1) is 38.2 Å². The molecule has 2 N–H and O–H groups in total. The number of aryl methyl sites for hydroxylation is 1. The van der Waals surface area contributed by atoms with Crippen molar-refractivity contribution in [2.45, 2.75) is 12.8 Å². The third-order valence-electron chi connectivity index (χ3n) is 4.54. The molecule has 26 heavy (non-hydrogen) atoms. The Kier molecular flexibility index (Phi) is 4.43. The van der Waals surface area contributed by atoms with E-state index in [1.54, 1.807) is 0 Å². The maximum Gasteiger partial charge on any atom is 0.261 e. The van der Waals surface area contributed by atoms with E-state index in [1.165, 1.54) is 0 Å². The fraction of sp³-hybridized carbons (Fsp3) is 0.316. The summed E-state index contributed by atoms with van der Waals surface area (Å²) in [6, 6.07) is 9.97. The van der Waals surface area contributed by atoms with E-state index in [9.17, 15) is 4.79 Å². The highest BCUT2D eigenvalue weighted by Crippen LogP contribution is 2.26. The predicted molar refractivity (Wildman–Crippen MR) is 98.0 cm³/mol. The van der Waals surface area contributed by atoms with E-state index in [2.05, 4.69) is 26.4 Å². The quantitative estimate of drug-likeness (QED) is 0.602. The Morgan fingerprint density at radius 1 is 1.23 bits per heavy atom. The maximum absolute atomic E-state index is 11.9. The summed E-state index contributed by atoms with van der Waals surface area (Å²) in [5.74, 6) is 1.81. The molecule has 0 saturated carbocycles. The molecule has 0 unspecified atom stereocenters. The number of nitrogens with one attached hydrogen (secondary N) is 2. The largest absolute Gasteiger partial charge is 0.494 e.